The van der Waals surface area contributed by atoms with Crippen molar-refractivity contribution >= 4 is 17.6 Å². The van der Waals surface area contributed by atoms with Crippen molar-refractivity contribution in [2.24, 2.45) is 5.92 Å². The third-order valence-corrected chi connectivity index (χ3v) is 3.09. The summed E-state index contributed by atoms with van der Waals surface area (Å²) in [5.74, 6) is 0.150. The maximum absolute atomic E-state index is 10.9. The van der Waals surface area contributed by atoms with Gasteiger partial charge in [-0.1, -0.05) is 11.6 Å². The molecule has 1 saturated carbocycles. The molecule has 1 N–H and O–H groups in total. The lowest BCUT2D eigenvalue weighted by Crippen LogP contribution is -2.07. The van der Waals surface area contributed by atoms with E-state index in [-0.39, 0.29) is 23.1 Å². The highest BCUT2D eigenvalue weighted by Gasteiger charge is 2.21. The summed E-state index contributed by atoms with van der Waals surface area (Å²) in [6.45, 7) is 0.742. The van der Waals surface area contributed by atoms with Gasteiger partial charge in [0.05, 0.1) is 24.3 Å². The van der Waals surface area contributed by atoms with E-state index in [1.54, 1.807) is 0 Å². The number of methoxy groups -OCH3 is 1. The highest BCUT2D eigenvalue weighted by atomic mass is 35.5. The van der Waals surface area contributed by atoms with Gasteiger partial charge in [-0.15, -0.1) is 0 Å². The van der Waals surface area contributed by atoms with Crippen LogP contribution in [-0.2, 0) is 4.74 Å². The van der Waals surface area contributed by atoms with Crippen LogP contribution in [0.1, 0.15) is 23.2 Å². The number of ether oxygens (including phenoxy) is 3. The molecule has 0 radical (unpaired) electrons. The number of hydrogen-bond donors (Lipinski definition) is 1. The van der Waals surface area contributed by atoms with Gasteiger partial charge in [0.2, 0.25) is 0 Å². The topological polar surface area (TPSA) is 65.0 Å². The molecule has 0 unspecified atom stereocenters. The first-order chi connectivity index (χ1) is 9.11. The summed E-state index contributed by atoms with van der Waals surface area (Å²) in [7, 11) is 1.43. The van der Waals surface area contributed by atoms with Crippen molar-refractivity contribution in [3.63, 3.8) is 0 Å². The minimum atomic E-state index is -1.07. The minimum Gasteiger partial charge on any atom is -0.493 e. The van der Waals surface area contributed by atoms with Crippen molar-refractivity contribution in [3.05, 3.63) is 22.7 Å². The molecule has 0 bridgehead atoms. The van der Waals surface area contributed by atoms with Gasteiger partial charge in [-0.3, -0.25) is 0 Å². The van der Waals surface area contributed by atoms with Crippen LogP contribution in [0, 0.1) is 5.92 Å². The van der Waals surface area contributed by atoms with Crippen molar-refractivity contribution in [3.8, 4) is 11.5 Å². The fraction of sp³-hybridized carbons (Fsp3) is 0.462. The molecule has 1 fully saturated rings. The lowest BCUT2D eigenvalue weighted by atomic mass is 10.2. The Morgan fingerprint density at radius 2 is 2.21 bits per heavy atom. The summed E-state index contributed by atoms with van der Waals surface area (Å²) in [4.78, 5) is 10.9. The van der Waals surface area contributed by atoms with Gasteiger partial charge in [-0.25, -0.2) is 4.79 Å². The van der Waals surface area contributed by atoms with Gasteiger partial charge in [0, 0.05) is 0 Å². The van der Waals surface area contributed by atoms with Crippen LogP contribution >= 0.6 is 11.6 Å². The number of rotatable bonds is 7. The van der Waals surface area contributed by atoms with Crippen LogP contribution in [0.2, 0.25) is 5.02 Å². The molecule has 2 rings (SSSR count). The third kappa shape index (κ3) is 3.75. The maximum atomic E-state index is 10.9. The van der Waals surface area contributed by atoms with Crippen molar-refractivity contribution < 1.29 is 24.1 Å². The van der Waals surface area contributed by atoms with Crippen LogP contribution in [0.4, 0.5) is 0 Å². The number of halogens is 1. The second-order valence-electron chi connectivity index (χ2n) is 4.37. The number of aromatic carboxylic acids is 1. The van der Waals surface area contributed by atoms with Crippen LogP contribution in [0.15, 0.2) is 12.1 Å². The Morgan fingerprint density at radius 1 is 1.47 bits per heavy atom. The monoisotopic (exact) mass is 286 g/mol. The molecule has 19 heavy (non-hydrogen) atoms. The number of carboxylic acids is 1. The first kappa shape index (κ1) is 14.0. The minimum absolute atomic E-state index is 0.0492. The van der Waals surface area contributed by atoms with Crippen molar-refractivity contribution in [1.82, 2.24) is 0 Å². The molecule has 6 heteroatoms. The Morgan fingerprint density at radius 3 is 2.79 bits per heavy atom. The third-order valence-electron chi connectivity index (χ3n) is 2.81. The quantitative estimate of drug-likeness (QED) is 0.617. The zero-order valence-corrected chi connectivity index (χ0v) is 11.3. The van der Waals surface area contributed by atoms with Gasteiger partial charge in [0.1, 0.15) is 0 Å². The predicted molar refractivity (Wildman–Crippen MR) is 69.1 cm³/mol. The van der Waals surface area contributed by atoms with Gasteiger partial charge in [0.25, 0.3) is 0 Å². The average molecular weight is 287 g/mol. The molecular weight excluding hydrogens is 272 g/mol. The highest BCUT2D eigenvalue weighted by molar-refractivity contribution is 6.32. The SMILES string of the molecule is COc1cc(C(=O)O)cc(Cl)c1OCOCC1CC1. The highest BCUT2D eigenvalue weighted by Crippen LogP contribution is 2.36. The summed E-state index contributed by atoms with van der Waals surface area (Å²) in [6.07, 6.45) is 2.41. The number of carboxylic acid groups (broad SMARTS) is 1. The van der Waals surface area contributed by atoms with Crippen molar-refractivity contribution in [1.29, 1.82) is 0 Å². The first-order valence-corrected chi connectivity index (χ1v) is 6.31. The molecule has 0 amide bonds. The number of hydrogen-bond acceptors (Lipinski definition) is 4. The van der Waals surface area contributed by atoms with Crippen LogP contribution in [-0.4, -0.2) is 31.6 Å². The second-order valence-corrected chi connectivity index (χ2v) is 4.78. The Kier molecular flexibility index (Phi) is 4.50. The molecule has 0 heterocycles. The molecule has 1 aromatic rings. The van der Waals surface area contributed by atoms with E-state index >= 15 is 0 Å². The van der Waals surface area contributed by atoms with Gasteiger partial charge >= 0.3 is 5.97 Å². The summed E-state index contributed by atoms with van der Waals surface area (Å²) in [6, 6.07) is 2.69. The van der Waals surface area contributed by atoms with Crippen LogP contribution < -0.4 is 9.47 Å². The largest absolute Gasteiger partial charge is 0.493 e. The Bertz CT molecular complexity index is 470. The van der Waals surface area contributed by atoms with Gasteiger partial charge < -0.3 is 19.3 Å². The van der Waals surface area contributed by atoms with Crippen LogP contribution in [0.3, 0.4) is 0 Å². The molecule has 0 atom stereocenters. The fourth-order valence-electron chi connectivity index (χ4n) is 1.58. The zero-order chi connectivity index (χ0) is 13.8. The Hall–Kier alpha value is -1.46. The van der Waals surface area contributed by atoms with E-state index < -0.39 is 5.97 Å². The van der Waals surface area contributed by atoms with E-state index in [0.29, 0.717) is 18.3 Å². The molecule has 0 aromatic heterocycles. The zero-order valence-electron chi connectivity index (χ0n) is 10.5. The lowest BCUT2D eigenvalue weighted by molar-refractivity contribution is 0.00871. The number of carbonyl (C=O) groups is 1. The van der Waals surface area contributed by atoms with E-state index in [2.05, 4.69) is 0 Å². The second kappa shape index (κ2) is 6.12. The molecule has 0 aliphatic heterocycles. The molecule has 0 saturated heterocycles. The fourth-order valence-corrected chi connectivity index (χ4v) is 1.85. The average Bonchev–Trinajstić information content (AvgIpc) is 3.19. The Labute approximate surface area is 116 Å². The van der Waals surface area contributed by atoms with E-state index in [4.69, 9.17) is 30.9 Å². The summed E-state index contributed by atoms with van der Waals surface area (Å²) < 4.78 is 15.8. The van der Waals surface area contributed by atoms with Crippen molar-refractivity contribution in [2.75, 3.05) is 20.5 Å². The maximum Gasteiger partial charge on any atom is 0.335 e. The lowest BCUT2D eigenvalue weighted by Gasteiger charge is -2.13. The molecule has 1 aliphatic carbocycles. The van der Waals surface area contributed by atoms with Gasteiger partial charge in [-0.05, 0) is 30.9 Å². The molecule has 0 spiro atoms. The summed E-state index contributed by atoms with van der Waals surface area (Å²) >= 11 is 5.99. The van der Waals surface area contributed by atoms with Crippen molar-refractivity contribution in [2.45, 2.75) is 12.8 Å². The van der Waals surface area contributed by atoms with E-state index in [1.165, 1.54) is 32.1 Å². The molecule has 1 aliphatic rings. The van der Waals surface area contributed by atoms with E-state index in [0.717, 1.165) is 0 Å². The van der Waals surface area contributed by atoms with Crippen LogP contribution in [0.5, 0.6) is 11.5 Å². The smallest absolute Gasteiger partial charge is 0.335 e. The molecule has 1 aromatic carbocycles. The molecule has 5 nitrogen and oxygen atoms in total. The van der Waals surface area contributed by atoms with Gasteiger partial charge in [-0.2, -0.15) is 0 Å². The predicted octanol–water partition coefficient (Wildman–Crippen LogP) is 2.81. The molecule has 104 valence electrons. The number of benzene rings is 1. The van der Waals surface area contributed by atoms with E-state index in [1.807, 2.05) is 0 Å². The van der Waals surface area contributed by atoms with E-state index in [9.17, 15) is 4.79 Å². The first-order valence-electron chi connectivity index (χ1n) is 5.93. The Balaban J connectivity index is 2.02. The summed E-state index contributed by atoms with van der Waals surface area (Å²) in [5.41, 5.74) is 0.0492. The van der Waals surface area contributed by atoms with Gasteiger partial charge in [0.15, 0.2) is 18.3 Å². The molecular formula is C13H15ClO5. The normalized spacial score (nSPS) is 14.2. The standard InChI is InChI=1S/C13H15ClO5/c1-17-11-5-9(13(15)16)4-10(14)12(11)19-7-18-6-8-2-3-8/h4-5,8H,2-3,6-7H2,1H3,(H,15,16). The van der Waals surface area contributed by atoms with Crippen LogP contribution in [0.25, 0.3) is 0 Å². The summed E-state index contributed by atoms with van der Waals surface area (Å²) in [5, 5.41) is 9.11.